The zero-order chi connectivity index (χ0) is 14.4. The summed E-state index contributed by atoms with van der Waals surface area (Å²) in [4.78, 5) is 13.3. The van der Waals surface area contributed by atoms with Gasteiger partial charge in [0.2, 0.25) is 5.91 Å². The number of ether oxygens (including phenoxy) is 1. The molecule has 1 aliphatic rings. The summed E-state index contributed by atoms with van der Waals surface area (Å²) in [6.07, 6.45) is 3.13. The van der Waals surface area contributed by atoms with Crippen molar-refractivity contribution in [2.75, 3.05) is 13.2 Å². The van der Waals surface area contributed by atoms with Gasteiger partial charge in [-0.25, -0.2) is 0 Å². The van der Waals surface area contributed by atoms with Crippen molar-refractivity contribution < 1.29 is 9.53 Å². The van der Waals surface area contributed by atoms with E-state index in [1.165, 1.54) is 0 Å². The van der Waals surface area contributed by atoms with Crippen LogP contribution in [0.1, 0.15) is 26.2 Å². The van der Waals surface area contributed by atoms with Crippen molar-refractivity contribution in [3.63, 3.8) is 0 Å². The molecule has 2 atom stereocenters. The van der Waals surface area contributed by atoms with Crippen LogP contribution in [0.15, 0.2) is 29.2 Å². The van der Waals surface area contributed by atoms with E-state index in [9.17, 15) is 4.79 Å². The zero-order valence-electron chi connectivity index (χ0n) is 11.6. The number of amides is 1. The fraction of sp³-hybridized carbons (Fsp3) is 0.533. The van der Waals surface area contributed by atoms with Crippen molar-refractivity contribution in [3.05, 3.63) is 29.3 Å². The van der Waals surface area contributed by atoms with Crippen molar-refractivity contribution >= 4 is 29.3 Å². The Balaban J connectivity index is 1.83. The molecule has 1 N–H and O–H groups in total. The molecule has 1 aromatic rings. The van der Waals surface area contributed by atoms with Gasteiger partial charge in [0.05, 0.1) is 11.4 Å². The minimum atomic E-state index is -0.0717. The van der Waals surface area contributed by atoms with Crippen LogP contribution >= 0.6 is 23.4 Å². The lowest BCUT2D eigenvalue weighted by atomic mass is 10.2. The first-order chi connectivity index (χ1) is 9.69. The van der Waals surface area contributed by atoms with E-state index in [4.69, 9.17) is 16.3 Å². The highest BCUT2D eigenvalue weighted by atomic mass is 35.5. The van der Waals surface area contributed by atoms with E-state index in [1.54, 1.807) is 11.8 Å². The van der Waals surface area contributed by atoms with E-state index in [0.29, 0.717) is 11.6 Å². The number of benzene rings is 1. The molecule has 1 saturated heterocycles. The number of halogens is 1. The van der Waals surface area contributed by atoms with Gasteiger partial charge in [-0.1, -0.05) is 18.5 Å². The SMILES string of the molecule is CC[C@H](Sc1ccc(Cl)cc1)C(=O)NC[C@@H]1CCCO1. The maximum atomic E-state index is 12.2. The standard InChI is InChI=1S/C15H20ClNO2S/c1-2-14(20-13-7-5-11(16)6-8-13)15(18)17-10-12-4-3-9-19-12/h5-8,12,14H,2-4,9-10H2,1H3,(H,17,18)/t12-,14-/m0/s1. The van der Waals surface area contributed by atoms with Crippen LogP contribution in [-0.4, -0.2) is 30.4 Å². The smallest absolute Gasteiger partial charge is 0.233 e. The first-order valence-corrected chi connectivity index (χ1v) is 8.26. The number of carbonyl (C=O) groups is 1. The van der Waals surface area contributed by atoms with Crippen LogP contribution < -0.4 is 5.32 Å². The Morgan fingerprint density at radius 2 is 2.25 bits per heavy atom. The van der Waals surface area contributed by atoms with E-state index >= 15 is 0 Å². The van der Waals surface area contributed by atoms with Gasteiger partial charge < -0.3 is 10.1 Å². The molecule has 5 heteroatoms. The lowest BCUT2D eigenvalue weighted by Crippen LogP contribution is -2.37. The number of thioether (sulfide) groups is 1. The maximum Gasteiger partial charge on any atom is 0.233 e. The summed E-state index contributed by atoms with van der Waals surface area (Å²) in [6, 6.07) is 7.59. The maximum absolute atomic E-state index is 12.2. The zero-order valence-corrected chi connectivity index (χ0v) is 13.2. The minimum Gasteiger partial charge on any atom is -0.376 e. The minimum absolute atomic E-state index is 0.0717. The molecule has 1 amide bonds. The second-order valence-electron chi connectivity index (χ2n) is 4.85. The summed E-state index contributed by atoms with van der Waals surface area (Å²) in [7, 11) is 0. The third kappa shape index (κ3) is 4.69. The van der Waals surface area contributed by atoms with Gasteiger partial charge >= 0.3 is 0 Å². The number of hydrogen-bond acceptors (Lipinski definition) is 3. The Kier molecular flexibility index (Phi) is 6.20. The van der Waals surface area contributed by atoms with Gasteiger partial charge in [-0.3, -0.25) is 4.79 Å². The third-order valence-corrected chi connectivity index (χ3v) is 4.91. The highest BCUT2D eigenvalue weighted by Crippen LogP contribution is 2.26. The topological polar surface area (TPSA) is 38.3 Å². The second kappa shape index (κ2) is 7.91. The molecule has 0 spiro atoms. The van der Waals surface area contributed by atoms with Gasteiger partial charge in [0.15, 0.2) is 0 Å². The Morgan fingerprint density at radius 1 is 1.50 bits per heavy atom. The van der Waals surface area contributed by atoms with E-state index in [-0.39, 0.29) is 17.3 Å². The number of carbonyl (C=O) groups excluding carboxylic acids is 1. The molecule has 0 saturated carbocycles. The average molecular weight is 314 g/mol. The largest absolute Gasteiger partial charge is 0.376 e. The molecule has 1 heterocycles. The highest BCUT2D eigenvalue weighted by Gasteiger charge is 2.21. The van der Waals surface area contributed by atoms with Gasteiger partial charge in [-0.15, -0.1) is 11.8 Å². The molecule has 2 rings (SSSR count). The van der Waals surface area contributed by atoms with Crippen LogP contribution in [0.4, 0.5) is 0 Å². The van der Waals surface area contributed by atoms with E-state index in [0.717, 1.165) is 30.8 Å². The molecule has 0 aromatic heterocycles. The van der Waals surface area contributed by atoms with Gasteiger partial charge in [0.25, 0.3) is 0 Å². The highest BCUT2D eigenvalue weighted by molar-refractivity contribution is 8.00. The van der Waals surface area contributed by atoms with Crippen LogP contribution in [0.3, 0.4) is 0 Å². The fourth-order valence-electron chi connectivity index (χ4n) is 2.13. The molecule has 0 unspecified atom stereocenters. The van der Waals surface area contributed by atoms with Crippen molar-refractivity contribution in [3.8, 4) is 0 Å². The molecule has 0 bridgehead atoms. The Labute approximate surface area is 129 Å². The second-order valence-corrected chi connectivity index (χ2v) is 6.56. The summed E-state index contributed by atoms with van der Waals surface area (Å²) in [5.74, 6) is 0.0861. The van der Waals surface area contributed by atoms with Crippen LogP contribution in [0, 0.1) is 0 Å². The molecule has 1 aromatic carbocycles. The number of nitrogens with one attached hydrogen (secondary N) is 1. The first kappa shape index (κ1) is 15.7. The summed E-state index contributed by atoms with van der Waals surface area (Å²) >= 11 is 7.44. The predicted octanol–water partition coefficient (Wildman–Crippen LogP) is 3.51. The molecule has 1 fully saturated rings. The average Bonchev–Trinajstić information content (AvgIpc) is 2.97. The Morgan fingerprint density at radius 3 is 2.85 bits per heavy atom. The molecular weight excluding hydrogens is 294 g/mol. The Hall–Kier alpha value is -0.710. The van der Waals surface area contributed by atoms with Crippen LogP contribution in [0.2, 0.25) is 5.02 Å². The van der Waals surface area contributed by atoms with Crippen molar-refractivity contribution in [2.24, 2.45) is 0 Å². The summed E-state index contributed by atoms with van der Waals surface area (Å²) < 4.78 is 5.51. The van der Waals surface area contributed by atoms with Gasteiger partial charge in [-0.2, -0.15) is 0 Å². The first-order valence-electron chi connectivity index (χ1n) is 7.00. The molecule has 20 heavy (non-hydrogen) atoms. The molecular formula is C15H20ClNO2S. The van der Waals surface area contributed by atoms with Gasteiger partial charge in [0, 0.05) is 23.1 Å². The number of hydrogen-bond donors (Lipinski definition) is 1. The molecule has 0 aliphatic carbocycles. The molecule has 1 aliphatic heterocycles. The van der Waals surface area contributed by atoms with Crippen LogP contribution in [0.5, 0.6) is 0 Å². The van der Waals surface area contributed by atoms with Gasteiger partial charge in [0.1, 0.15) is 0 Å². The normalized spacial score (nSPS) is 19.8. The summed E-state index contributed by atoms with van der Waals surface area (Å²) in [5, 5.41) is 3.64. The third-order valence-electron chi connectivity index (χ3n) is 3.28. The molecule has 3 nitrogen and oxygen atoms in total. The van der Waals surface area contributed by atoms with Crippen molar-refractivity contribution in [1.29, 1.82) is 0 Å². The molecule has 0 radical (unpaired) electrons. The van der Waals surface area contributed by atoms with E-state index in [2.05, 4.69) is 5.32 Å². The number of rotatable bonds is 6. The van der Waals surface area contributed by atoms with E-state index < -0.39 is 0 Å². The Bertz CT molecular complexity index is 432. The predicted molar refractivity (Wildman–Crippen MR) is 83.4 cm³/mol. The van der Waals surface area contributed by atoms with Crippen molar-refractivity contribution in [1.82, 2.24) is 5.32 Å². The van der Waals surface area contributed by atoms with Gasteiger partial charge in [-0.05, 0) is 43.5 Å². The monoisotopic (exact) mass is 313 g/mol. The summed E-state index contributed by atoms with van der Waals surface area (Å²) in [6.45, 7) is 3.47. The lowest BCUT2D eigenvalue weighted by Gasteiger charge is -2.16. The fourth-order valence-corrected chi connectivity index (χ4v) is 3.24. The van der Waals surface area contributed by atoms with E-state index in [1.807, 2.05) is 31.2 Å². The van der Waals surface area contributed by atoms with Crippen LogP contribution in [0.25, 0.3) is 0 Å². The quantitative estimate of drug-likeness (QED) is 0.817. The lowest BCUT2D eigenvalue weighted by molar-refractivity contribution is -0.121. The molecule has 110 valence electrons. The van der Waals surface area contributed by atoms with Crippen molar-refractivity contribution in [2.45, 2.75) is 42.4 Å². The van der Waals surface area contributed by atoms with Crippen LogP contribution in [-0.2, 0) is 9.53 Å². The summed E-state index contributed by atoms with van der Waals surface area (Å²) in [5.41, 5.74) is 0.